The summed E-state index contributed by atoms with van der Waals surface area (Å²) < 4.78 is 29.5. The second kappa shape index (κ2) is 7.51. The third-order valence-corrected chi connectivity index (χ3v) is 6.06. The molecule has 0 unspecified atom stereocenters. The smallest absolute Gasteiger partial charge is 0.338 e. The fraction of sp³-hybridized carbons (Fsp3) is 0.389. The predicted molar refractivity (Wildman–Crippen MR) is 98.5 cm³/mol. The van der Waals surface area contributed by atoms with E-state index < -0.39 is 34.4 Å². The van der Waals surface area contributed by atoms with Crippen LogP contribution in [0.1, 0.15) is 28.2 Å². The molecule has 1 atom stereocenters. The van der Waals surface area contributed by atoms with Crippen LogP contribution in [0, 0.1) is 13.8 Å². The zero-order chi connectivity index (χ0) is 19.6. The molecule has 1 saturated heterocycles. The van der Waals surface area contributed by atoms with Crippen molar-refractivity contribution >= 4 is 21.7 Å². The molecule has 1 amide bonds. The van der Waals surface area contributed by atoms with Gasteiger partial charge in [0.2, 0.25) is 0 Å². The normalized spacial score (nSPS) is 18.2. The summed E-state index contributed by atoms with van der Waals surface area (Å²) >= 11 is 0. The minimum Gasteiger partial charge on any atom is -0.452 e. The second-order valence-corrected chi connectivity index (χ2v) is 8.86. The first-order chi connectivity index (χ1) is 12.7. The summed E-state index contributed by atoms with van der Waals surface area (Å²) in [6.07, 6.45) is 0.385. The molecule has 0 radical (unpaired) electrons. The van der Waals surface area contributed by atoms with E-state index in [-0.39, 0.29) is 11.5 Å². The Kier molecular flexibility index (Phi) is 5.31. The van der Waals surface area contributed by atoms with E-state index in [0.29, 0.717) is 12.0 Å². The van der Waals surface area contributed by atoms with Crippen LogP contribution in [0.4, 0.5) is 0 Å². The van der Waals surface area contributed by atoms with Crippen molar-refractivity contribution < 1.29 is 22.7 Å². The predicted octanol–water partition coefficient (Wildman–Crippen LogP) is 0.949. The third kappa shape index (κ3) is 4.73. The molecule has 0 aliphatic carbocycles. The average Bonchev–Trinajstić information content (AvgIpc) is 3.13. The summed E-state index contributed by atoms with van der Waals surface area (Å²) in [7, 11) is -3.07. The van der Waals surface area contributed by atoms with Gasteiger partial charge in [0.15, 0.2) is 16.4 Å². The van der Waals surface area contributed by atoms with Gasteiger partial charge in [0.25, 0.3) is 5.91 Å². The van der Waals surface area contributed by atoms with Gasteiger partial charge in [-0.05, 0) is 50.6 Å². The highest BCUT2D eigenvalue weighted by atomic mass is 32.2. The van der Waals surface area contributed by atoms with Crippen LogP contribution < -0.4 is 5.32 Å². The number of hydrogen-bond acceptors (Lipinski definition) is 6. The monoisotopic (exact) mass is 391 g/mol. The molecule has 1 aromatic carbocycles. The molecule has 0 saturated carbocycles. The SMILES string of the molecule is Cc1cc(C)n(-c2ccc(C(=O)OCC(=O)N[C@H]3CCS(=O)(=O)C3)cc2)n1. The zero-order valence-electron chi connectivity index (χ0n) is 15.1. The Morgan fingerprint density at radius 3 is 2.52 bits per heavy atom. The Balaban J connectivity index is 1.54. The van der Waals surface area contributed by atoms with Gasteiger partial charge in [0.05, 0.1) is 28.5 Å². The number of carbonyl (C=O) groups is 2. The molecule has 2 heterocycles. The number of nitrogens with one attached hydrogen (secondary N) is 1. The summed E-state index contributed by atoms with van der Waals surface area (Å²) in [5.41, 5.74) is 3.01. The second-order valence-electron chi connectivity index (χ2n) is 6.63. The van der Waals surface area contributed by atoms with E-state index >= 15 is 0 Å². The summed E-state index contributed by atoms with van der Waals surface area (Å²) in [4.78, 5) is 23.9. The molecule has 1 aliphatic heterocycles. The molecular formula is C18H21N3O5S. The fourth-order valence-electron chi connectivity index (χ4n) is 3.02. The lowest BCUT2D eigenvalue weighted by atomic mass is 10.2. The van der Waals surface area contributed by atoms with E-state index in [4.69, 9.17) is 4.74 Å². The van der Waals surface area contributed by atoms with Crippen LogP contribution in [0.25, 0.3) is 5.69 Å². The Bertz CT molecular complexity index is 963. The van der Waals surface area contributed by atoms with Crippen molar-refractivity contribution in [3.8, 4) is 5.69 Å². The van der Waals surface area contributed by atoms with Gasteiger partial charge in [-0.3, -0.25) is 4.79 Å². The van der Waals surface area contributed by atoms with Crippen molar-refractivity contribution in [1.82, 2.24) is 15.1 Å². The van der Waals surface area contributed by atoms with Crippen LogP contribution in [-0.2, 0) is 19.4 Å². The Labute approximate surface area is 157 Å². The molecular weight excluding hydrogens is 370 g/mol. The zero-order valence-corrected chi connectivity index (χ0v) is 16.0. The summed E-state index contributed by atoms with van der Waals surface area (Å²) in [6, 6.07) is 8.25. The van der Waals surface area contributed by atoms with Crippen LogP contribution in [0.3, 0.4) is 0 Å². The summed E-state index contributed by atoms with van der Waals surface area (Å²) in [6.45, 7) is 3.40. The van der Waals surface area contributed by atoms with Crippen molar-refractivity contribution in [3.05, 3.63) is 47.3 Å². The number of benzene rings is 1. The van der Waals surface area contributed by atoms with Gasteiger partial charge in [-0.1, -0.05) is 0 Å². The molecule has 0 bridgehead atoms. The van der Waals surface area contributed by atoms with E-state index in [1.54, 1.807) is 28.9 Å². The molecule has 2 aromatic rings. The molecule has 8 nitrogen and oxygen atoms in total. The maximum atomic E-state index is 12.1. The quantitative estimate of drug-likeness (QED) is 0.761. The third-order valence-electron chi connectivity index (χ3n) is 4.29. The van der Waals surface area contributed by atoms with Crippen molar-refractivity contribution in [2.45, 2.75) is 26.3 Å². The van der Waals surface area contributed by atoms with Crippen LogP contribution in [0.2, 0.25) is 0 Å². The molecule has 27 heavy (non-hydrogen) atoms. The number of hydrogen-bond donors (Lipinski definition) is 1. The molecule has 9 heteroatoms. The lowest BCUT2D eigenvalue weighted by Gasteiger charge is -2.11. The Hall–Kier alpha value is -2.68. The average molecular weight is 391 g/mol. The van der Waals surface area contributed by atoms with Gasteiger partial charge >= 0.3 is 5.97 Å². The maximum absolute atomic E-state index is 12.1. The van der Waals surface area contributed by atoms with Gasteiger partial charge in [-0.15, -0.1) is 0 Å². The standard InChI is InChI=1S/C18H21N3O5S/c1-12-9-13(2)21(20-12)16-5-3-14(4-6-16)18(23)26-10-17(22)19-15-7-8-27(24,25)11-15/h3-6,9,15H,7-8,10-11H2,1-2H3,(H,19,22)/t15-/m0/s1. The molecule has 0 spiro atoms. The number of carbonyl (C=O) groups excluding carboxylic acids is 2. The van der Waals surface area contributed by atoms with E-state index in [2.05, 4.69) is 10.4 Å². The van der Waals surface area contributed by atoms with E-state index in [1.165, 1.54) is 0 Å². The first kappa shape index (κ1) is 19.1. The van der Waals surface area contributed by atoms with Crippen molar-refractivity contribution in [2.24, 2.45) is 0 Å². The van der Waals surface area contributed by atoms with E-state index in [9.17, 15) is 18.0 Å². The van der Waals surface area contributed by atoms with Gasteiger partial charge in [-0.2, -0.15) is 5.10 Å². The number of rotatable bonds is 5. The highest BCUT2D eigenvalue weighted by molar-refractivity contribution is 7.91. The van der Waals surface area contributed by atoms with Gasteiger partial charge < -0.3 is 10.1 Å². The van der Waals surface area contributed by atoms with Crippen LogP contribution >= 0.6 is 0 Å². The number of nitrogens with zero attached hydrogens (tertiary/aromatic N) is 2. The first-order valence-corrected chi connectivity index (χ1v) is 10.4. The maximum Gasteiger partial charge on any atom is 0.338 e. The lowest BCUT2D eigenvalue weighted by Crippen LogP contribution is -2.38. The first-order valence-electron chi connectivity index (χ1n) is 8.54. The minimum atomic E-state index is -3.07. The van der Waals surface area contributed by atoms with E-state index in [0.717, 1.165) is 17.1 Å². The summed E-state index contributed by atoms with van der Waals surface area (Å²) in [5, 5.41) is 6.95. The number of amides is 1. The highest BCUT2D eigenvalue weighted by Crippen LogP contribution is 2.14. The molecule has 3 rings (SSSR count). The minimum absolute atomic E-state index is 0.0688. The number of sulfone groups is 1. The number of aryl methyl sites for hydroxylation is 2. The lowest BCUT2D eigenvalue weighted by molar-refractivity contribution is -0.124. The Morgan fingerprint density at radius 2 is 1.96 bits per heavy atom. The van der Waals surface area contributed by atoms with Crippen molar-refractivity contribution in [3.63, 3.8) is 0 Å². The van der Waals surface area contributed by atoms with E-state index in [1.807, 2.05) is 19.9 Å². The molecule has 1 aliphatic rings. The largest absolute Gasteiger partial charge is 0.452 e. The number of aromatic nitrogens is 2. The van der Waals surface area contributed by atoms with Crippen LogP contribution in [0.5, 0.6) is 0 Å². The van der Waals surface area contributed by atoms with Crippen LogP contribution in [0.15, 0.2) is 30.3 Å². The van der Waals surface area contributed by atoms with Gasteiger partial charge in [-0.25, -0.2) is 17.9 Å². The molecule has 1 N–H and O–H groups in total. The van der Waals surface area contributed by atoms with Gasteiger partial charge in [0.1, 0.15) is 0 Å². The molecule has 1 fully saturated rings. The molecule has 144 valence electrons. The van der Waals surface area contributed by atoms with Gasteiger partial charge in [0, 0.05) is 11.7 Å². The Morgan fingerprint density at radius 1 is 1.26 bits per heavy atom. The highest BCUT2D eigenvalue weighted by Gasteiger charge is 2.29. The van der Waals surface area contributed by atoms with Crippen molar-refractivity contribution in [2.75, 3.05) is 18.1 Å². The summed E-state index contributed by atoms with van der Waals surface area (Å²) in [5.74, 6) is -1.13. The number of esters is 1. The molecule has 1 aromatic heterocycles. The fourth-order valence-corrected chi connectivity index (χ4v) is 4.69. The number of ether oxygens (including phenoxy) is 1. The topological polar surface area (TPSA) is 107 Å². The van der Waals surface area contributed by atoms with Crippen molar-refractivity contribution in [1.29, 1.82) is 0 Å². The van der Waals surface area contributed by atoms with Crippen LogP contribution in [-0.4, -0.2) is 54.2 Å².